The molecule has 0 aliphatic rings. The average Bonchev–Trinajstić information content (AvgIpc) is 2.85. The smallest absolute Gasteiger partial charge is 0.306 e. The Morgan fingerprint density at radius 1 is 0.571 bits per heavy atom. The van der Waals surface area contributed by atoms with Gasteiger partial charge in [0.25, 0.3) is 0 Å². The van der Waals surface area contributed by atoms with Crippen molar-refractivity contribution in [3.63, 3.8) is 0 Å². The van der Waals surface area contributed by atoms with Crippen molar-refractivity contribution in [2.75, 3.05) is 6.61 Å². The van der Waals surface area contributed by atoms with Crippen LogP contribution in [0.5, 0.6) is 0 Å². The van der Waals surface area contributed by atoms with Gasteiger partial charge in [0.1, 0.15) is 6.61 Å². The van der Waals surface area contributed by atoms with Crippen LogP contribution in [0.4, 0.5) is 0 Å². The third-order valence-corrected chi connectivity index (χ3v) is 6.54. The van der Waals surface area contributed by atoms with Crippen LogP contribution in [0.2, 0.25) is 0 Å². The van der Waals surface area contributed by atoms with Crippen molar-refractivity contribution in [1.29, 1.82) is 0 Å². The number of aryl methyl sites for hydroxylation is 1. The highest BCUT2D eigenvalue weighted by Gasteiger charge is 2.08. The number of benzene rings is 1. The lowest BCUT2D eigenvalue weighted by atomic mass is 10.0. The molecule has 0 N–H and O–H groups in total. The van der Waals surface area contributed by atoms with E-state index in [1.165, 1.54) is 95.5 Å². The third kappa shape index (κ3) is 20.1. The first-order chi connectivity index (χ1) is 17.1. The van der Waals surface area contributed by atoms with Crippen molar-refractivity contribution in [1.82, 2.24) is 0 Å². The number of unbranched alkanes of at least 4 members (excludes halogenated alkanes) is 15. The van der Waals surface area contributed by atoms with Gasteiger partial charge >= 0.3 is 11.9 Å². The van der Waals surface area contributed by atoms with Crippen molar-refractivity contribution in [3.8, 4) is 0 Å². The van der Waals surface area contributed by atoms with E-state index in [2.05, 4.69) is 6.92 Å². The van der Waals surface area contributed by atoms with E-state index in [9.17, 15) is 9.59 Å². The van der Waals surface area contributed by atoms with Gasteiger partial charge < -0.3 is 9.47 Å². The van der Waals surface area contributed by atoms with Crippen molar-refractivity contribution >= 4 is 11.9 Å². The predicted octanol–water partition coefficient (Wildman–Crippen LogP) is 9.01. The molecular formula is C31H52O4. The zero-order valence-electron chi connectivity index (χ0n) is 22.8. The number of ether oxygens (including phenoxy) is 2. The fraction of sp³-hybridized carbons (Fsp3) is 0.742. The number of carbonyl (C=O) groups is 2. The largest absolute Gasteiger partial charge is 0.466 e. The summed E-state index contributed by atoms with van der Waals surface area (Å²) in [7, 11) is 0. The van der Waals surface area contributed by atoms with E-state index in [0.717, 1.165) is 18.4 Å². The number of hydrogen-bond donors (Lipinski definition) is 0. The van der Waals surface area contributed by atoms with Crippen LogP contribution in [0.3, 0.4) is 0 Å². The molecule has 1 aromatic rings. The zero-order chi connectivity index (χ0) is 25.4. The van der Waals surface area contributed by atoms with Gasteiger partial charge in [-0.2, -0.15) is 0 Å². The molecule has 0 aromatic heterocycles. The van der Waals surface area contributed by atoms with Crippen molar-refractivity contribution < 1.29 is 19.1 Å². The summed E-state index contributed by atoms with van der Waals surface area (Å²) in [4.78, 5) is 23.6. The molecule has 35 heavy (non-hydrogen) atoms. The Kier molecular flexibility index (Phi) is 20.2. The quantitative estimate of drug-likeness (QED) is 0.114. The van der Waals surface area contributed by atoms with Gasteiger partial charge in [0.05, 0.1) is 6.61 Å². The molecule has 0 spiro atoms. The Morgan fingerprint density at radius 3 is 1.49 bits per heavy atom. The molecule has 0 aliphatic carbocycles. The maximum absolute atomic E-state index is 11.8. The summed E-state index contributed by atoms with van der Waals surface area (Å²) in [6.07, 6.45) is 22.3. The van der Waals surface area contributed by atoms with Gasteiger partial charge in [-0.3, -0.25) is 9.59 Å². The third-order valence-electron chi connectivity index (χ3n) is 6.54. The molecular weight excluding hydrogens is 436 g/mol. The van der Waals surface area contributed by atoms with Crippen LogP contribution in [0.1, 0.15) is 140 Å². The van der Waals surface area contributed by atoms with Crippen molar-refractivity contribution in [2.24, 2.45) is 0 Å². The van der Waals surface area contributed by atoms with Crippen LogP contribution in [0.15, 0.2) is 24.3 Å². The first-order valence-corrected chi connectivity index (χ1v) is 14.5. The minimum atomic E-state index is -0.267. The van der Waals surface area contributed by atoms with E-state index >= 15 is 0 Å². The number of esters is 2. The minimum absolute atomic E-state index is 0.211. The second-order valence-electron chi connectivity index (χ2n) is 10.0. The summed E-state index contributed by atoms with van der Waals surface area (Å²) in [6.45, 7) is 5.07. The van der Waals surface area contributed by atoms with E-state index in [0.29, 0.717) is 13.0 Å². The summed E-state index contributed by atoms with van der Waals surface area (Å²) in [5, 5.41) is 0. The van der Waals surface area contributed by atoms with E-state index in [-0.39, 0.29) is 31.4 Å². The summed E-state index contributed by atoms with van der Waals surface area (Å²) in [6, 6.07) is 7.91. The summed E-state index contributed by atoms with van der Waals surface area (Å²) < 4.78 is 10.5. The lowest BCUT2D eigenvalue weighted by Gasteiger charge is -2.06. The summed E-state index contributed by atoms with van der Waals surface area (Å²) in [5.74, 6) is -0.478. The molecule has 4 nitrogen and oxygen atoms in total. The predicted molar refractivity (Wildman–Crippen MR) is 145 cm³/mol. The van der Waals surface area contributed by atoms with Gasteiger partial charge in [0.2, 0.25) is 0 Å². The minimum Gasteiger partial charge on any atom is -0.466 e. The van der Waals surface area contributed by atoms with Gasteiger partial charge in [-0.05, 0) is 25.3 Å². The van der Waals surface area contributed by atoms with Crippen LogP contribution < -0.4 is 0 Å². The van der Waals surface area contributed by atoms with E-state index in [1.807, 2.05) is 31.2 Å². The standard InChI is InChI=1S/C31H52O4/c1-3-4-5-6-7-8-9-10-11-12-13-14-15-16-17-18-26-34-30(32)20-19-21-31(33)35-27-29-24-22-28(2)23-25-29/h22-25H,3-21,26-27H2,1-2H3. The average molecular weight is 489 g/mol. The highest BCUT2D eigenvalue weighted by atomic mass is 16.5. The number of rotatable bonds is 23. The van der Waals surface area contributed by atoms with Crippen LogP contribution in [-0.4, -0.2) is 18.5 Å². The number of hydrogen-bond acceptors (Lipinski definition) is 4. The normalized spacial score (nSPS) is 10.9. The lowest BCUT2D eigenvalue weighted by Crippen LogP contribution is -2.09. The Balaban J connectivity index is 1.80. The Labute approximate surface area is 215 Å². The van der Waals surface area contributed by atoms with Crippen LogP contribution in [-0.2, 0) is 25.7 Å². The topological polar surface area (TPSA) is 52.6 Å². The molecule has 0 fully saturated rings. The molecule has 4 heteroatoms. The van der Waals surface area contributed by atoms with E-state index < -0.39 is 0 Å². The Bertz CT molecular complexity index is 638. The maximum atomic E-state index is 11.8. The van der Waals surface area contributed by atoms with Gasteiger partial charge in [-0.1, -0.05) is 133 Å². The number of carbonyl (C=O) groups excluding carboxylic acids is 2. The van der Waals surface area contributed by atoms with Gasteiger partial charge in [0.15, 0.2) is 0 Å². The van der Waals surface area contributed by atoms with E-state index in [1.54, 1.807) is 0 Å². The molecule has 0 bridgehead atoms. The van der Waals surface area contributed by atoms with Gasteiger partial charge in [-0.25, -0.2) is 0 Å². The molecule has 1 aromatic carbocycles. The fourth-order valence-corrected chi connectivity index (χ4v) is 4.21. The summed E-state index contributed by atoms with van der Waals surface area (Å²) >= 11 is 0. The Hall–Kier alpha value is -1.84. The molecule has 0 amide bonds. The molecule has 0 heterocycles. The zero-order valence-corrected chi connectivity index (χ0v) is 22.8. The monoisotopic (exact) mass is 488 g/mol. The van der Waals surface area contributed by atoms with Gasteiger partial charge in [-0.15, -0.1) is 0 Å². The fourth-order valence-electron chi connectivity index (χ4n) is 4.21. The lowest BCUT2D eigenvalue weighted by molar-refractivity contribution is -0.146. The van der Waals surface area contributed by atoms with Crippen molar-refractivity contribution in [3.05, 3.63) is 35.4 Å². The molecule has 0 aliphatic heterocycles. The molecule has 0 saturated carbocycles. The van der Waals surface area contributed by atoms with Crippen LogP contribution in [0.25, 0.3) is 0 Å². The first-order valence-electron chi connectivity index (χ1n) is 14.5. The molecule has 1 rings (SSSR count). The maximum Gasteiger partial charge on any atom is 0.306 e. The molecule has 0 radical (unpaired) electrons. The highest BCUT2D eigenvalue weighted by molar-refractivity contribution is 5.72. The van der Waals surface area contributed by atoms with Crippen LogP contribution in [0, 0.1) is 6.92 Å². The van der Waals surface area contributed by atoms with Crippen LogP contribution >= 0.6 is 0 Å². The second kappa shape index (κ2) is 22.6. The summed E-state index contributed by atoms with van der Waals surface area (Å²) in [5.41, 5.74) is 2.15. The Morgan fingerprint density at radius 2 is 1.00 bits per heavy atom. The molecule has 0 saturated heterocycles. The second-order valence-corrected chi connectivity index (χ2v) is 10.0. The first kappa shape index (κ1) is 31.2. The van der Waals surface area contributed by atoms with Crippen molar-refractivity contribution in [2.45, 2.75) is 142 Å². The molecule has 0 unspecified atom stereocenters. The molecule has 0 atom stereocenters. The SMILES string of the molecule is CCCCCCCCCCCCCCCCCCOC(=O)CCCC(=O)OCc1ccc(C)cc1. The molecule has 200 valence electrons. The highest BCUT2D eigenvalue weighted by Crippen LogP contribution is 2.14. The van der Waals surface area contributed by atoms with Gasteiger partial charge in [0, 0.05) is 12.8 Å². The van der Waals surface area contributed by atoms with E-state index in [4.69, 9.17) is 9.47 Å².